The van der Waals surface area contributed by atoms with Crippen molar-refractivity contribution >= 4 is 40.5 Å². The number of rotatable bonds is 2. The summed E-state index contributed by atoms with van der Waals surface area (Å²) >= 11 is 12.7. The first-order valence-electron chi connectivity index (χ1n) is 10.1. The molecule has 160 valence electrons. The van der Waals surface area contributed by atoms with Gasteiger partial charge in [0.2, 0.25) is 0 Å². The SMILES string of the molecule is COc1ccc(C2=NN3C(C2)c2ccccc2OC32C(=O)Nc3c(Cl)cc(Cl)cc32)cc1. The number of fused-ring (bicyclic) bond motifs is 6. The molecule has 8 heteroatoms. The lowest BCUT2D eigenvalue weighted by atomic mass is 9.92. The van der Waals surface area contributed by atoms with Crippen molar-refractivity contribution in [2.45, 2.75) is 18.2 Å². The topological polar surface area (TPSA) is 63.2 Å². The van der Waals surface area contributed by atoms with Gasteiger partial charge in [-0.1, -0.05) is 41.4 Å². The summed E-state index contributed by atoms with van der Waals surface area (Å²) in [6, 6.07) is 18.6. The Balaban J connectivity index is 1.56. The Morgan fingerprint density at radius 3 is 2.72 bits per heavy atom. The highest BCUT2D eigenvalue weighted by atomic mass is 35.5. The summed E-state index contributed by atoms with van der Waals surface area (Å²) < 4.78 is 11.7. The summed E-state index contributed by atoms with van der Waals surface area (Å²) in [6.45, 7) is 0. The normalized spacial score (nSPS) is 22.6. The zero-order valence-corrected chi connectivity index (χ0v) is 18.4. The van der Waals surface area contributed by atoms with E-state index in [4.69, 9.17) is 37.8 Å². The van der Waals surface area contributed by atoms with Crippen molar-refractivity contribution in [1.29, 1.82) is 0 Å². The van der Waals surface area contributed by atoms with Crippen LogP contribution in [-0.2, 0) is 10.5 Å². The highest BCUT2D eigenvalue weighted by Crippen LogP contribution is 2.55. The predicted molar refractivity (Wildman–Crippen MR) is 123 cm³/mol. The molecule has 3 aliphatic heterocycles. The number of amides is 1. The van der Waals surface area contributed by atoms with Gasteiger partial charge < -0.3 is 14.8 Å². The van der Waals surface area contributed by atoms with E-state index in [2.05, 4.69) is 5.32 Å². The molecule has 1 spiro atoms. The molecular weight excluding hydrogens is 449 g/mol. The molecule has 0 aromatic heterocycles. The number of hydrazone groups is 1. The van der Waals surface area contributed by atoms with Crippen LogP contribution in [0, 0.1) is 0 Å². The molecule has 3 aromatic rings. The molecule has 0 fully saturated rings. The number of benzene rings is 3. The van der Waals surface area contributed by atoms with Crippen molar-refractivity contribution in [2.24, 2.45) is 5.10 Å². The number of methoxy groups -OCH3 is 1. The third-order valence-electron chi connectivity index (χ3n) is 6.16. The highest BCUT2D eigenvalue weighted by Gasteiger charge is 2.61. The second-order valence-corrected chi connectivity index (χ2v) is 8.73. The number of carbonyl (C=O) groups excluding carboxylic acids is 1. The van der Waals surface area contributed by atoms with Crippen molar-refractivity contribution in [3.63, 3.8) is 0 Å². The van der Waals surface area contributed by atoms with Gasteiger partial charge in [0.15, 0.2) is 0 Å². The number of halogens is 2. The largest absolute Gasteiger partial charge is 0.497 e. The molecule has 6 nitrogen and oxygen atoms in total. The second kappa shape index (κ2) is 6.89. The fourth-order valence-electron chi connectivity index (χ4n) is 4.67. The monoisotopic (exact) mass is 465 g/mol. The van der Waals surface area contributed by atoms with E-state index in [1.165, 1.54) is 0 Å². The molecule has 2 unspecified atom stereocenters. The van der Waals surface area contributed by atoms with E-state index in [1.807, 2.05) is 48.5 Å². The summed E-state index contributed by atoms with van der Waals surface area (Å²) in [7, 11) is 1.63. The molecule has 3 heterocycles. The first-order chi connectivity index (χ1) is 15.5. The Labute approximate surface area is 194 Å². The van der Waals surface area contributed by atoms with Gasteiger partial charge in [0.05, 0.1) is 35.1 Å². The number of hydrogen-bond acceptors (Lipinski definition) is 5. The van der Waals surface area contributed by atoms with Gasteiger partial charge in [-0.3, -0.25) is 4.79 Å². The van der Waals surface area contributed by atoms with E-state index in [1.54, 1.807) is 24.3 Å². The van der Waals surface area contributed by atoms with Crippen LogP contribution < -0.4 is 14.8 Å². The van der Waals surface area contributed by atoms with Crippen LogP contribution >= 0.6 is 23.2 Å². The highest BCUT2D eigenvalue weighted by molar-refractivity contribution is 6.37. The molecule has 1 N–H and O–H groups in total. The summed E-state index contributed by atoms with van der Waals surface area (Å²) in [5, 5.41) is 10.3. The number of nitrogens with zero attached hydrogens (tertiary/aromatic N) is 2. The zero-order chi connectivity index (χ0) is 22.0. The molecule has 0 saturated carbocycles. The number of nitrogens with one attached hydrogen (secondary N) is 1. The van der Waals surface area contributed by atoms with E-state index >= 15 is 0 Å². The van der Waals surface area contributed by atoms with Crippen molar-refractivity contribution in [3.05, 3.63) is 87.4 Å². The Kier molecular flexibility index (Phi) is 4.19. The molecule has 0 bridgehead atoms. The third-order valence-corrected chi connectivity index (χ3v) is 6.67. The number of para-hydroxylation sites is 1. The van der Waals surface area contributed by atoms with Gasteiger partial charge in [-0.2, -0.15) is 5.10 Å². The van der Waals surface area contributed by atoms with Crippen LogP contribution in [0.2, 0.25) is 10.0 Å². The van der Waals surface area contributed by atoms with Crippen LogP contribution in [-0.4, -0.2) is 23.7 Å². The number of anilines is 1. The number of hydrogen-bond donors (Lipinski definition) is 1. The van der Waals surface area contributed by atoms with E-state index in [-0.39, 0.29) is 11.9 Å². The predicted octanol–water partition coefficient (Wildman–Crippen LogP) is 5.35. The number of ether oxygens (including phenoxy) is 2. The Bertz CT molecular complexity index is 1310. The first kappa shape index (κ1) is 19.5. The van der Waals surface area contributed by atoms with Crippen LogP contribution in [0.25, 0.3) is 0 Å². The van der Waals surface area contributed by atoms with Gasteiger partial charge in [-0.15, -0.1) is 0 Å². The van der Waals surface area contributed by atoms with Gasteiger partial charge in [0.1, 0.15) is 11.5 Å². The van der Waals surface area contributed by atoms with E-state index in [9.17, 15) is 4.79 Å². The van der Waals surface area contributed by atoms with Gasteiger partial charge in [-0.25, -0.2) is 5.01 Å². The molecule has 2 atom stereocenters. The van der Waals surface area contributed by atoms with Crippen LogP contribution in [0.3, 0.4) is 0 Å². The fourth-order valence-corrected chi connectivity index (χ4v) is 5.21. The third kappa shape index (κ3) is 2.60. The quantitative estimate of drug-likeness (QED) is 0.553. The number of carbonyl (C=O) groups is 1. The molecule has 32 heavy (non-hydrogen) atoms. The molecule has 0 saturated heterocycles. The minimum Gasteiger partial charge on any atom is -0.497 e. The minimum atomic E-state index is -1.50. The fraction of sp³-hybridized carbons (Fsp3) is 0.167. The smallest absolute Gasteiger partial charge is 0.306 e. The van der Waals surface area contributed by atoms with Crippen LogP contribution in [0.4, 0.5) is 5.69 Å². The summed E-state index contributed by atoms with van der Waals surface area (Å²) in [5.74, 6) is 1.05. The lowest BCUT2D eigenvalue weighted by Crippen LogP contribution is -2.55. The summed E-state index contributed by atoms with van der Waals surface area (Å²) in [4.78, 5) is 13.5. The molecule has 6 rings (SSSR count). The standard InChI is InChI=1S/C24H17Cl2N3O3/c1-31-15-8-6-13(7-9-15)19-12-20-16-4-2-3-5-21(16)32-24(29(20)28-19)17-10-14(25)11-18(26)22(17)27-23(24)30/h2-11,20H,12H2,1H3,(H,27,30). The maximum atomic E-state index is 13.5. The van der Waals surface area contributed by atoms with Crippen LogP contribution in [0.1, 0.15) is 29.2 Å². The van der Waals surface area contributed by atoms with Crippen molar-refractivity contribution in [1.82, 2.24) is 5.01 Å². The first-order valence-corrected chi connectivity index (χ1v) is 10.9. The van der Waals surface area contributed by atoms with Crippen molar-refractivity contribution in [2.75, 3.05) is 12.4 Å². The minimum absolute atomic E-state index is 0.188. The van der Waals surface area contributed by atoms with E-state index < -0.39 is 5.72 Å². The maximum Gasteiger partial charge on any atom is 0.306 e. The van der Waals surface area contributed by atoms with Crippen LogP contribution in [0.5, 0.6) is 11.5 Å². The van der Waals surface area contributed by atoms with Gasteiger partial charge in [-0.05, 0) is 48.0 Å². The second-order valence-electron chi connectivity index (χ2n) is 7.89. The molecule has 3 aromatic carbocycles. The Morgan fingerprint density at radius 1 is 1.16 bits per heavy atom. The molecule has 1 amide bonds. The van der Waals surface area contributed by atoms with Gasteiger partial charge >= 0.3 is 5.72 Å². The van der Waals surface area contributed by atoms with E-state index in [0.29, 0.717) is 33.5 Å². The average Bonchev–Trinajstić information content (AvgIpc) is 3.36. The molecule has 0 radical (unpaired) electrons. The van der Waals surface area contributed by atoms with Crippen molar-refractivity contribution < 1.29 is 14.3 Å². The summed E-state index contributed by atoms with van der Waals surface area (Å²) in [6.07, 6.45) is 0.616. The van der Waals surface area contributed by atoms with E-state index in [0.717, 1.165) is 22.6 Å². The zero-order valence-electron chi connectivity index (χ0n) is 16.9. The molecule has 3 aliphatic rings. The van der Waals surface area contributed by atoms with Gasteiger partial charge in [0.25, 0.3) is 5.91 Å². The Morgan fingerprint density at radius 2 is 1.94 bits per heavy atom. The van der Waals surface area contributed by atoms with Crippen molar-refractivity contribution in [3.8, 4) is 11.5 Å². The lowest BCUT2D eigenvalue weighted by Gasteiger charge is -2.44. The lowest BCUT2D eigenvalue weighted by molar-refractivity contribution is -0.161. The van der Waals surface area contributed by atoms with Crippen LogP contribution in [0.15, 0.2) is 65.8 Å². The average molecular weight is 466 g/mol. The maximum absolute atomic E-state index is 13.5. The molecule has 0 aliphatic carbocycles. The summed E-state index contributed by atoms with van der Waals surface area (Å²) in [5.41, 5.74) is 2.32. The van der Waals surface area contributed by atoms with Gasteiger partial charge in [0, 0.05) is 17.0 Å². The Hall–Kier alpha value is -3.22. The molecular formula is C24H17Cl2N3O3.